The van der Waals surface area contributed by atoms with Crippen LogP contribution in [0.3, 0.4) is 0 Å². The summed E-state index contributed by atoms with van der Waals surface area (Å²) in [5.74, 6) is -0.334. The first kappa shape index (κ1) is 19.7. The molecule has 1 atom stereocenters. The molecule has 27 heavy (non-hydrogen) atoms. The number of nitrogens with one attached hydrogen (secondary N) is 1. The Morgan fingerprint density at radius 3 is 2.89 bits per heavy atom. The fraction of sp³-hybridized carbons (Fsp3) is 0.421. The number of carbonyl (C=O) groups is 1. The second-order valence-electron chi connectivity index (χ2n) is 6.31. The summed E-state index contributed by atoms with van der Waals surface area (Å²) in [6.07, 6.45) is 2.13. The van der Waals surface area contributed by atoms with E-state index in [1.165, 1.54) is 6.07 Å². The zero-order chi connectivity index (χ0) is 19.1. The lowest BCUT2D eigenvalue weighted by Gasteiger charge is -2.24. The summed E-state index contributed by atoms with van der Waals surface area (Å²) in [5.41, 5.74) is 0.232. The topological polar surface area (TPSA) is 50.8 Å². The lowest BCUT2D eigenvalue weighted by Crippen LogP contribution is -2.37. The summed E-state index contributed by atoms with van der Waals surface area (Å²) in [6.45, 7) is -0.762. The quantitative estimate of drug-likeness (QED) is 0.697. The number of rotatable bonds is 9. The van der Waals surface area contributed by atoms with Gasteiger partial charge in [-0.2, -0.15) is 8.78 Å². The van der Waals surface area contributed by atoms with Gasteiger partial charge >= 0.3 is 6.61 Å². The van der Waals surface area contributed by atoms with Crippen molar-refractivity contribution in [2.75, 3.05) is 25.0 Å². The van der Waals surface area contributed by atoms with Gasteiger partial charge in [-0.05, 0) is 36.4 Å². The minimum absolute atomic E-state index is 0.0511. The first-order valence-corrected chi connectivity index (χ1v) is 9.68. The Labute approximate surface area is 160 Å². The molecule has 1 fully saturated rings. The van der Waals surface area contributed by atoms with Crippen LogP contribution in [0.1, 0.15) is 17.7 Å². The van der Waals surface area contributed by atoms with Crippen LogP contribution in [0.5, 0.6) is 5.75 Å². The van der Waals surface area contributed by atoms with Crippen molar-refractivity contribution in [1.29, 1.82) is 0 Å². The molecule has 1 aromatic carbocycles. The molecular weight excluding hydrogens is 374 g/mol. The molecule has 146 valence electrons. The van der Waals surface area contributed by atoms with Crippen molar-refractivity contribution in [2.24, 2.45) is 0 Å². The molecule has 3 rings (SSSR count). The van der Waals surface area contributed by atoms with Gasteiger partial charge in [0.2, 0.25) is 5.91 Å². The van der Waals surface area contributed by atoms with Crippen LogP contribution >= 0.6 is 11.3 Å². The first-order chi connectivity index (χ1) is 13.1. The van der Waals surface area contributed by atoms with Crippen molar-refractivity contribution in [1.82, 2.24) is 4.90 Å². The highest BCUT2D eigenvalue weighted by Crippen LogP contribution is 2.25. The van der Waals surface area contributed by atoms with Gasteiger partial charge in [-0.3, -0.25) is 9.69 Å². The molecule has 5 nitrogen and oxygen atoms in total. The highest BCUT2D eigenvalue weighted by atomic mass is 32.1. The van der Waals surface area contributed by atoms with Gasteiger partial charge in [0.25, 0.3) is 0 Å². The lowest BCUT2D eigenvalue weighted by atomic mass is 10.2. The predicted octanol–water partition coefficient (Wildman–Crippen LogP) is 3.97. The number of hydrogen-bond donors (Lipinski definition) is 1. The van der Waals surface area contributed by atoms with E-state index in [1.54, 1.807) is 29.5 Å². The predicted molar refractivity (Wildman–Crippen MR) is 100 cm³/mol. The number of nitrogens with zero attached hydrogens (tertiary/aromatic N) is 1. The molecule has 0 saturated carbocycles. The molecule has 1 N–H and O–H groups in total. The van der Waals surface area contributed by atoms with Gasteiger partial charge in [-0.1, -0.05) is 18.2 Å². The van der Waals surface area contributed by atoms with Crippen LogP contribution in [-0.4, -0.2) is 43.2 Å². The molecule has 0 spiro atoms. The van der Waals surface area contributed by atoms with E-state index in [-0.39, 0.29) is 30.0 Å². The van der Waals surface area contributed by atoms with Crippen molar-refractivity contribution < 1.29 is 23.0 Å². The maximum Gasteiger partial charge on any atom is 0.387 e. The fourth-order valence-corrected chi connectivity index (χ4v) is 3.79. The van der Waals surface area contributed by atoms with E-state index >= 15 is 0 Å². The normalized spacial score (nSPS) is 16.8. The van der Waals surface area contributed by atoms with Crippen LogP contribution in [0.4, 0.5) is 14.5 Å². The van der Waals surface area contributed by atoms with Crippen LogP contribution < -0.4 is 10.1 Å². The van der Waals surface area contributed by atoms with Gasteiger partial charge in [-0.25, -0.2) is 0 Å². The summed E-state index contributed by atoms with van der Waals surface area (Å²) in [6, 6.07) is 10.2. The monoisotopic (exact) mass is 396 g/mol. The second-order valence-corrected chi connectivity index (χ2v) is 7.34. The minimum Gasteiger partial charge on any atom is -0.433 e. The summed E-state index contributed by atoms with van der Waals surface area (Å²) in [4.78, 5) is 15.7. The zero-order valence-corrected chi connectivity index (χ0v) is 15.6. The molecule has 1 unspecified atom stereocenters. The molecule has 1 amide bonds. The van der Waals surface area contributed by atoms with Crippen molar-refractivity contribution >= 4 is 22.9 Å². The molecule has 1 saturated heterocycles. The molecular formula is C19H22F2N2O3S. The summed E-state index contributed by atoms with van der Waals surface area (Å²) >= 11 is 1.63. The lowest BCUT2D eigenvalue weighted by molar-refractivity contribution is -0.117. The van der Waals surface area contributed by atoms with E-state index in [2.05, 4.69) is 10.1 Å². The number of thiophene rings is 1. The molecule has 2 heterocycles. The highest BCUT2D eigenvalue weighted by molar-refractivity contribution is 7.09. The van der Waals surface area contributed by atoms with Crippen molar-refractivity contribution in [3.05, 3.63) is 46.7 Å². The molecule has 1 aliphatic rings. The molecule has 0 radical (unpaired) electrons. The highest BCUT2D eigenvalue weighted by Gasteiger charge is 2.22. The van der Waals surface area contributed by atoms with Gasteiger partial charge in [0.05, 0.1) is 18.3 Å². The Hall–Kier alpha value is -2.03. The SMILES string of the molecule is O=C(CN(Cc1cccs1)CC1CCCO1)Nc1ccccc1OC(F)F. The van der Waals surface area contributed by atoms with Crippen LogP contribution in [0, 0.1) is 0 Å². The summed E-state index contributed by atoms with van der Waals surface area (Å²) in [5, 5.41) is 4.67. The first-order valence-electron chi connectivity index (χ1n) is 8.80. The largest absolute Gasteiger partial charge is 0.433 e. The number of halogens is 2. The average Bonchev–Trinajstić information content (AvgIpc) is 3.30. The maximum absolute atomic E-state index is 12.5. The number of benzene rings is 1. The van der Waals surface area contributed by atoms with Crippen LogP contribution in [0.2, 0.25) is 0 Å². The van der Waals surface area contributed by atoms with Gasteiger partial charge in [0, 0.05) is 24.6 Å². The number of amides is 1. The zero-order valence-electron chi connectivity index (χ0n) is 14.8. The van der Waals surface area contributed by atoms with Crippen molar-refractivity contribution in [3.8, 4) is 5.75 Å². The third kappa shape index (κ3) is 6.27. The van der Waals surface area contributed by atoms with E-state index in [0.717, 1.165) is 24.3 Å². The van der Waals surface area contributed by atoms with E-state index in [9.17, 15) is 13.6 Å². The molecule has 0 bridgehead atoms. The summed E-state index contributed by atoms with van der Waals surface area (Å²) < 4.78 is 35.2. The Kier molecular flexibility index (Phi) is 7.14. The Balaban J connectivity index is 1.63. The Morgan fingerprint density at radius 2 is 2.19 bits per heavy atom. The summed E-state index contributed by atoms with van der Waals surface area (Å²) in [7, 11) is 0. The van der Waals surface area contributed by atoms with Crippen molar-refractivity contribution in [3.63, 3.8) is 0 Å². The number of ether oxygens (including phenoxy) is 2. The van der Waals surface area contributed by atoms with Crippen molar-refractivity contribution in [2.45, 2.75) is 32.1 Å². The van der Waals surface area contributed by atoms with Crippen LogP contribution in [-0.2, 0) is 16.1 Å². The molecule has 1 aliphatic heterocycles. The van der Waals surface area contributed by atoms with Crippen LogP contribution in [0.15, 0.2) is 41.8 Å². The Morgan fingerprint density at radius 1 is 1.33 bits per heavy atom. The van der Waals surface area contributed by atoms with Crippen LogP contribution in [0.25, 0.3) is 0 Å². The smallest absolute Gasteiger partial charge is 0.387 e. The molecule has 2 aromatic rings. The maximum atomic E-state index is 12.5. The second kappa shape index (κ2) is 9.77. The number of hydrogen-bond acceptors (Lipinski definition) is 5. The number of para-hydroxylation sites is 2. The molecule has 0 aliphatic carbocycles. The van der Waals surface area contributed by atoms with E-state index in [4.69, 9.17) is 4.74 Å². The fourth-order valence-electron chi connectivity index (χ4n) is 3.05. The number of anilines is 1. The third-order valence-electron chi connectivity index (χ3n) is 4.19. The third-order valence-corrected chi connectivity index (χ3v) is 5.05. The standard InChI is InChI=1S/C19H22F2N2O3S/c20-19(21)26-17-8-2-1-7-16(17)22-18(24)13-23(11-14-5-3-9-25-14)12-15-6-4-10-27-15/h1-2,4,6-8,10,14,19H,3,5,9,11-13H2,(H,22,24). The number of alkyl halides is 2. The van der Waals surface area contributed by atoms with E-state index in [1.807, 2.05) is 22.4 Å². The van der Waals surface area contributed by atoms with E-state index in [0.29, 0.717) is 13.1 Å². The van der Waals surface area contributed by atoms with Gasteiger partial charge in [0.15, 0.2) is 0 Å². The van der Waals surface area contributed by atoms with E-state index < -0.39 is 6.61 Å². The number of carbonyl (C=O) groups excluding carboxylic acids is 1. The van der Waals surface area contributed by atoms with Gasteiger partial charge in [0.1, 0.15) is 5.75 Å². The molecule has 1 aromatic heterocycles. The van der Waals surface area contributed by atoms with Gasteiger partial charge in [-0.15, -0.1) is 11.3 Å². The van der Waals surface area contributed by atoms with Gasteiger partial charge < -0.3 is 14.8 Å². The minimum atomic E-state index is -2.95. The average molecular weight is 396 g/mol. The Bertz CT molecular complexity index is 722. The molecule has 8 heteroatoms.